The molecule has 0 atom stereocenters. The van der Waals surface area contributed by atoms with Crippen molar-refractivity contribution in [2.24, 2.45) is 0 Å². The molecular weight excluding hydrogens is 287 g/mol. The van der Waals surface area contributed by atoms with Gasteiger partial charge >= 0.3 is 0 Å². The van der Waals surface area contributed by atoms with Gasteiger partial charge in [-0.05, 0) is 28.8 Å². The van der Waals surface area contributed by atoms with E-state index in [0.717, 1.165) is 11.1 Å². The van der Waals surface area contributed by atoms with Crippen LogP contribution in [0.15, 0.2) is 72.8 Å². The molecule has 0 radical (unpaired) electrons. The molecule has 0 nitrogen and oxygen atoms in total. The van der Waals surface area contributed by atoms with Gasteiger partial charge in [0.1, 0.15) is 0 Å². The first-order chi connectivity index (χ1) is 9.74. The SMILES string of the molecule is Clc1ccc(-c2ccc(-c3ccccc3)cc2)c(Cl)c1. The minimum absolute atomic E-state index is 0.652. The monoisotopic (exact) mass is 298 g/mol. The Balaban J connectivity index is 1.97. The van der Waals surface area contributed by atoms with Gasteiger partial charge in [0, 0.05) is 15.6 Å². The maximum absolute atomic E-state index is 6.24. The maximum atomic E-state index is 6.24. The summed E-state index contributed by atoms with van der Waals surface area (Å²) in [6.07, 6.45) is 0. The zero-order valence-electron chi connectivity index (χ0n) is 10.7. The Morgan fingerprint density at radius 3 is 1.80 bits per heavy atom. The van der Waals surface area contributed by atoms with Crippen molar-refractivity contribution < 1.29 is 0 Å². The lowest BCUT2D eigenvalue weighted by Gasteiger charge is -2.07. The van der Waals surface area contributed by atoms with Crippen molar-refractivity contribution in [2.45, 2.75) is 0 Å². The number of hydrogen-bond donors (Lipinski definition) is 0. The first-order valence-corrected chi connectivity index (χ1v) is 7.10. The van der Waals surface area contributed by atoms with Crippen LogP contribution >= 0.6 is 23.2 Å². The predicted octanol–water partition coefficient (Wildman–Crippen LogP) is 6.33. The standard InChI is InChI=1S/C18H12Cl2/c19-16-10-11-17(18(20)12-16)15-8-6-14(7-9-15)13-4-2-1-3-5-13/h1-12H. The second-order valence-corrected chi connectivity index (χ2v) is 5.41. The van der Waals surface area contributed by atoms with Crippen LogP contribution in [0.25, 0.3) is 22.3 Å². The van der Waals surface area contributed by atoms with Gasteiger partial charge < -0.3 is 0 Å². The van der Waals surface area contributed by atoms with Gasteiger partial charge in [0.25, 0.3) is 0 Å². The van der Waals surface area contributed by atoms with Gasteiger partial charge in [-0.1, -0.05) is 83.9 Å². The molecule has 0 aliphatic heterocycles. The fraction of sp³-hybridized carbons (Fsp3) is 0. The fourth-order valence-corrected chi connectivity index (χ4v) is 2.71. The highest BCUT2D eigenvalue weighted by molar-refractivity contribution is 6.36. The molecule has 98 valence electrons. The van der Waals surface area contributed by atoms with E-state index in [1.807, 2.05) is 30.3 Å². The summed E-state index contributed by atoms with van der Waals surface area (Å²) in [6, 6.07) is 24.2. The molecule has 0 aliphatic carbocycles. The molecule has 0 bridgehead atoms. The van der Waals surface area contributed by atoms with Gasteiger partial charge in [0.15, 0.2) is 0 Å². The molecule has 2 heteroatoms. The van der Waals surface area contributed by atoms with Crippen LogP contribution in [0.2, 0.25) is 10.0 Å². The van der Waals surface area contributed by atoms with Crippen molar-refractivity contribution in [1.82, 2.24) is 0 Å². The number of benzene rings is 3. The summed E-state index contributed by atoms with van der Waals surface area (Å²) in [5.74, 6) is 0. The van der Waals surface area contributed by atoms with Gasteiger partial charge in [-0.3, -0.25) is 0 Å². The minimum Gasteiger partial charge on any atom is -0.0843 e. The van der Waals surface area contributed by atoms with Gasteiger partial charge in [-0.15, -0.1) is 0 Å². The zero-order valence-corrected chi connectivity index (χ0v) is 12.2. The zero-order chi connectivity index (χ0) is 13.9. The largest absolute Gasteiger partial charge is 0.0843 e. The van der Waals surface area contributed by atoms with Crippen molar-refractivity contribution in [2.75, 3.05) is 0 Å². The smallest absolute Gasteiger partial charge is 0.0499 e. The maximum Gasteiger partial charge on any atom is 0.0499 e. The van der Waals surface area contributed by atoms with E-state index in [1.54, 1.807) is 6.07 Å². The van der Waals surface area contributed by atoms with Crippen molar-refractivity contribution in [3.63, 3.8) is 0 Å². The van der Waals surface area contributed by atoms with Crippen LogP contribution in [0.5, 0.6) is 0 Å². The summed E-state index contributed by atoms with van der Waals surface area (Å²) in [4.78, 5) is 0. The highest BCUT2D eigenvalue weighted by Gasteiger charge is 2.04. The molecule has 3 aromatic carbocycles. The van der Waals surface area contributed by atoms with Crippen LogP contribution in [-0.2, 0) is 0 Å². The van der Waals surface area contributed by atoms with Gasteiger partial charge in [-0.25, -0.2) is 0 Å². The van der Waals surface area contributed by atoms with E-state index in [1.165, 1.54) is 11.1 Å². The third kappa shape index (κ3) is 2.72. The Labute approximate surface area is 128 Å². The molecular formula is C18H12Cl2. The van der Waals surface area contributed by atoms with E-state index in [2.05, 4.69) is 36.4 Å². The first kappa shape index (κ1) is 13.2. The van der Waals surface area contributed by atoms with Crippen molar-refractivity contribution in [3.05, 3.63) is 82.8 Å². The van der Waals surface area contributed by atoms with E-state index in [9.17, 15) is 0 Å². The lowest BCUT2D eigenvalue weighted by molar-refractivity contribution is 1.59. The Hall–Kier alpha value is -1.76. The Kier molecular flexibility index (Phi) is 3.77. The number of hydrogen-bond acceptors (Lipinski definition) is 0. The van der Waals surface area contributed by atoms with E-state index >= 15 is 0 Å². The van der Waals surface area contributed by atoms with E-state index in [0.29, 0.717) is 10.0 Å². The highest BCUT2D eigenvalue weighted by atomic mass is 35.5. The molecule has 0 amide bonds. The Morgan fingerprint density at radius 1 is 0.550 bits per heavy atom. The summed E-state index contributed by atoms with van der Waals surface area (Å²) in [6.45, 7) is 0. The van der Waals surface area contributed by atoms with Crippen LogP contribution in [0.4, 0.5) is 0 Å². The molecule has 3 aromatic rings. The minimum atomic E-state index is 0.652. The summed E-state index contributed by atoms with van der Waals surface area (Å²) < 4.78 is 0. The molecule has 0 aromatic heterocycles. The first-order valence-electron chi connectivity index (χ1n) is 6.35. The third-order valence-corrected chi connectivity index (χ3v) is 3.78. The van der Waals surface area contributed by atoms with Crippen LogP contribution in [0.1, 0.15) is 0 Å². The average molecular weight is 299 g/mol. The molecule has 0 fully saturated rings. The molecule has 0 unspecified atom stereocenters. The molecule has 20 heavy (non-hydrogen) atoms. The lowest BCUT2D eigenvalue weighted by atomic mass is 10.0. The summed E-state index contributed by atoms with van der Waals surface area (Å²) in [7, 11) is 0. The van der Waals surface area contributed by atoms with E-state index in [-0.39, 0.29) is 0 Å². The molecule has 0 heterocycles. The van der Waals surface area contributed by atoms with Gasteiger partial charge in [-0.2, -0.15) is 0 Å². The predicted molar refractivity (Wildman–Crippen MR) is 87.3 cm³/mol. The molecule has 0 saturated carbocycles. The second-order valence-electron chi connectivity index (χ2n) is 4.57. The molecule has 0 aliphatic rings. The second kappa shape index (κ2) is 5.70. The summed E-state index contributed by atoms with van der Waals surface area (Å²) in [5.41, 5.74) is 4.49. The third-order valence-electron chi connectivity index (χ3n) is 3.23. The number of halogens is 2. The molecule has 0 spiro atoms. The van der Waals surface area contributed by atoms with Crippen LogP contribution < -0.4 is 0 Å². The van der Waals surface area contributed by atoms with E-state index < -0.39 is 0 Å². The normalized spacial score (nSPS) is 10.5. The average Bonchev–Trinajstić information content (AvgIpc) is 2.48. The molecule has 0 N–H and O–H groups in total. The van der Waals surface area contributed by atoms with Crippen LogP contribution in [0, 0.1) is 0 Å². The quantitative estimate of drug-likeness (QED) is 0.519. The topological polar surface area (TPSA) is 0 Å². The fourth-order valence-electron chi connectivity index (χ4n) is 2.20. The van der Waals surface area contributed by atoms with Crippen molar-refractivity contribution in [1.29, 1.82) is 0 Å². The van der Waals surface area contributed by atoms with Gasteiger partial charge in [0.2, 0.25) is 0 Å². The van der Waals surface area contributed by atoms with Crippen molar-refractivity contribution >= 4 is 23.2 Å². The van der Waals surface area contributed by atoms with Crippen LogP contribution in [-0.4, -0.2) is 0 Å². The van der Waals surface area contributed by atoms with Gasteiger partial charge in [0.05, 0.1) is 0 Å². The van der Waals surface area contributed by atoms with Crippen molar-refractivity contribution in [3.8, 4) is 22.3 Å². The summed E-state index contributed by atoms with van der Waals surface area (Å²) >= 11 is 12.2. The Bertz CT molecular complexity index is 716. The number of rotatable bonds is 2. The van der Waals surface area contributed by atoms with Crippen LogP contribution in [0.3, 0.4) is 0 Å². The summed E-state index contributed by atoms with van der Waals surface area (Å²) in [5, 5.41) is 1.32. The Morgan fingerprint density at radius 2 is 1.15 bits per heavy atom. The molecule has 0 saturated heterocycles. The highest BCUT2D eigenvalue weighted by Crippen LogP contribution is 2.31. The van der Waals surface area contributed by atoms with E-state index in [4.69, 9.17) is 23.2 Å². The lowest BCUT2D eigenvalue weighted by Crippen LogP contribution is -1.81. The molecule has 3 rings (SSSR count).